The first kappa shape index (κ1) is 26.4. The number of hydrogen-bond acceptors (Lipinski definition) is 8. The van der Waals surface area contributed by atoms with Crippen LogP contribution in [0.25, 0.3) is 0 Å². The Morgan fingerprint density at radius 1 is 0.921 bits per heavy atom. The molecule has 1 aliphatic rings. The number of carbonyl (C=O) groups is 1. The van der Waals surface area contributed by atoms with E-state index >= 15 is 0 Å². The summed E-state index contributed by atoms with van der Waals surface area (Å²) in [6.07, 6.45) is 0.922. The summed E-state index contributed by atoms with van der Waals surface area (Å²) >= 11 is 0. The molecule has 8 heteroatoms. The lowest BCUT2D eigenvalue weighted by atomic mass is 9.83. The van der Waals surface area contributed by atoms with E-state index in [1.165, 1.54) is 5.56 Å². The van der Waals surface area contributed by atoms with Crippen LogP contribution in [0.1, 0.15) is 43.4 Å². The molecule has 8 nitrogen and oxygen atoms in total. The van der Waals surface area contributed by atoms with Gasteiger partial charge in [-0.2, -0.15) is 5.26 Å². The van der Waals surface area contributed by atoms with Crippen molar-refractivity contribution in [1.82, 2.24) is 0 Å². The van der Waals surface area contributed by atoms with E-state index in [-0.39, 0.29) is 23.8 Å². The minimum atomic E-state index is -0.564. The summed E-state index contributed by atoms with van der Waals surface area (Å²) in [5.41, 5.74) is 9.08. The van der Waals surface area contributed by atoms with Gasteiger partial charge in [0.05, 0.1) is 19.1 Å². The molecule has 0 saturated carbocycles. The van der Waals surface area contributed by atoms with Crippen molar-refractivity contribution in [3.8, 4) is 34.8 Å². The number of fused-ring (bicyclic) bond motifs is 1. The Morgan fingerprint density at radius 3 is 2.32 bits per heavy atom. The van der Waals surface area contributed by atoms with Crippen molar-refractivity contribution < 1.29 is 28.5 Å². The van der Waals surface area contributed by atoms with Gasteiger partial charge >= 0.3 is 5.97 Å². The van der Waals surface area contributed by atoms with E-state index in [2.05, 4.69) is 13.0 Å². The predicted octanol–water partition coefficient (Wildman–Crippen LogP) is 5.25. The van der Waals surface area contributed by atoms with Gasteiger partial charge in [-0.05, 0) is 61.7 Å². The number of ether oxygens (including phenoxy) is 5. The Kier molecular flexibility index (Phi) is 8.39. The van der Waals surface area contributed by atoms with E-state index in [1.807, 2.05) is 56.3 Å². The molecular formula is C30H30N2O6. The summed E-state index contributed by atoms with van der Waals surface area (Å²) in [7, 11) is 0. The topological polar surface area (TPSA) is 113 Å². The van der Waals surface area contributed by atoms with E-state index in [1.54, 1.807) is 18.2 Å². The van der Waals surface area contributed by atoms with Crippen LogP contribution in [0.15, 0.2) is 72.1 Å². The summed E-state index contributed by atoms with van der Waals surface area (Å²) in [5.74, 6) is 1.35. The number of nitriles is 1. The maximum atomic E-state index is 12.4. The Labute approximate surface area is 222 Å². The van der Waals surface area contributed by atoms with Crippen LogP contribution in [0.5, 0.6) is 28.7 Å². The number of allylic oxidation sites excluding steroid dienone is 1. The quantitative estimate of drug-likeness (QED) is 0.288. The molecule has 0 fully saturated rings. The van der Waals surface area contributed by atoms with Crippen molar-refractivity contribution in [2.45, 2.75) is 33.1 Å². The highest BCUT2D eigenvalue weighted by Crippen LogP contribution is 2.45. The molecule has 38 heavy (non-hydrogen) atoms. The van der Waals surface area contributed by atoms with Gasteiger partial charge in [-0.15, -0.1) is 0 Å². The molecule has 0 bridgehead atoms. The SMILES string of the molecule is CCOc1ccc(C2C(C#N)=C(N)Oc3cc(OC(=O)COc4ccc(CC)cc4)ccc32)cc1OCC. The minimum Gasteiger partial charge on any atom is -0.490 e. The molecule has 0 spiro atoms. The van der Waals surface area contributed by atoms with Gasteiger partial charge in [0.15, 0.2) is 18.1 Å². The molecule has 0 amide bonds. The van der Waals surface area contributed by atoms with Crippen LogP contribution in [0, 0.1) is 11.3 Å². The van der Waals surface area contributed by atoms with E-state index in [0.29, 0.717) is 41.8 Å². The van der Waals surface area contributed by atoms with Crippen molar-refractivity contribution in [1.29, 1.82) is 5.26 Å². The average molecular weight is 515 g/mol. The standard InChI is InChI=1S/C30H30N2O6/c1-4-19-7-10-21(11-8-19)36-18-28(33)37-22-12-13-23-26(16-22)38-30(32)24(17-31)29(23)20-9-14-25(34-5-2)27(15-20)35-6-3/h7-16,29H,4-6,18,32H2,1-3H3. The highest BCUT2D eigenvalue weighted by molar-refractivity contribution is 5.74. The maximum Gasteiger partial charge on any atom is 0.349 e. The molecule has 0 saturated heterocycles. The molecule has 2 N–H and O–H groups in total. The van der Waals surface area contributed by atoms with Crippen molar-refractivity contribution >= 4 is 5.97 Å². The Morgan fingerprint density at radius 2 is 1.63 bits per heavy atom. The maximum absolute atomic E-state index is 12.4. The third-order valence-corrected chi connectivity index (χ3v) is 6.01. The monoisotopic (exact) mass is 514 g/mol. The van der Waals surface area contributed by atoms with Gasteiger partial charge in [0.25, 0.3) is 0 Å². The smallest absolute Gasteiger partial charge is 0.349 e. The van der Waals surface area contributed by atoms with Gasteiger partial charge in [0.2, 0.25) is 5.88 Å². The molecule has 0 aromatic heterocycles. The summed E-state index contributed by atoms with van der Waals surface area (Å²) in [6, 6.07) is 20.2. The molecule has 196 valence electrons. The van der Waals surface area contributed by atoms with Crippen molar-refractivity contribution in [3.63, 3.8) is 0 Å². The normalized spacial score (nSPS) is 14.1. The third kappa shape index (κ3) is 5.84. The second-order valence-electron chi connectivity index (χ2n) is 8.46. The lowest BCUT2D eigenvalue weighted by Crippen LogP contribution is -2.22. The van der Waals surface area contributed by atoms with Crippen LogP contribution in [0.4, 0.5) is 0 Å². The van der Waals surface area contributed by atoms with Crippen LogP contribution in [-0.4, -0.2) is 25.8 Å². The summed E-state index contributed by atoms with van der Waals surface area (Å²) < 4.78 is 28.2. The number of esters is 1. The Hall–Kier alpha value is -4.64. The number of nitrogens with zero attached hydrogens (tertiary/aromatic N) is 1. The molecule has 1 atom stereocenters. The molecular weight excluding hydrogens is 484 g/mol. The van der Waals surface area contributed by atoms with Crippen LogP contribution < -0.4 is 29.4 Å². The number of nitrogens with two attached hydrogens (primary N) is 1. The van der Waals surface area contributed by atoms with E-state index in [9.17, 15) is 10.1 Å². The molecule has 4 rings (SSSR count). The summed E-state index contributed by atoms with van der Waals surface area (Å²) in [6.45, 7) is 6.56. The number of aryl methyl sites for hydroxylation is 1. The van der Waals surface area contributed by atoms with Gasteiger partial charge in [0.1, 0.15) is 28.9 Å². The zero-order chi connectivity index (χ0) is 27.1. The van der Waals surface area contributed by atoms with E-state index in [4.69, 9.17) is 29.4 Å². The van der Waals surface area contributed by atoms with Gasteiger partial charge in [-0.3, -0.25) is 0 Å². The first-order valence-corrected chi connectivity index (χ1v) is 12.5. The summed E-state index contributed by atoms with van der Waals surface area (Å²) in [5, 5.41) is 9.88. The van der Waals surface area contributed by atoms with E-state index < -0.39 is 11.9 Å². The second-order valence-corrected chi connectivity index (χ2v) is 8.46. The fourth-order valence-corrected chi connectivity index (χ4v) is 4.21. The van der Waals surface area contributed by atoms with E-state index in [0.717, 1.165) is 12.0 Å². The zero-order valence-electron chi connectivity index (χ0n) is 21.7. The molecule has 3 aromatic carbocycles. The molecule has 0 aliphatic carbocycles. The van der Waals surface area contributed by atoms with Gasteiger partial charge in [-0.25, -0.2) is 4.79 Å². The number of rotatable bonds is 10. The molecule has 1 aliphatic heterocycles. The highest BCUT2D eigenvalue weighted by Gasteiger charge is 2.31. The van der Waals surface area contributed by atoms with Gasteiger partial charge < -0.3 is 29.4 Å². The first-order chi connectivity index (χ1) is 18.5. The number of benzene rings is 3. The highest BCUT2D eigenvalue weighted by atomic mass is 16.6. The van der Waals surface area contributed by atoms with Gasteiger partial charge in [-0.1, -0.05) is 31.2 Å². The summed E-state index contributed by atoms with van der Waals surface area (Å²) in [4.78, 5) is 12.4. The number of carbonyl (C=O) groups excluding carboxylic acids is 1. The second kappa shape index (κ2) is 12.1. The lowest BCUT2D eigenvalue weighted by Gasteiger charge is -2.27. The minimum absolute atomic E-state index is 0.0146. The first-order valence-electron chi connectivity index (χ1n) is 12.5. The Bertz CT molecular complexity index is 1370. The van der Waals surface area contributed by atoms with Crippen LogP contribution in [-0.2, 0) is 11.2 Å². The van der Waals surface area contributed by atoms with Crippen LogP contribution in [0.3, 0.4) is 0 Å². The van der Waals surface area contributed by atoms with Crippen LogP contribution in [0.2, 0.25) is 0 Å². The van der Waals surface area contributed by atoms with Crippen molar-refractivity contribution in [2.75, 3.05) is 19.8 Å². The molecule has 1 heterocycles. The molecule has 1 unspecified atom stereocenters. The fourth-order valence-electron chi connectivity index (χ4n) is 4.21. The molecule has 3 aromatic rings. The van der Waals surface area contributed by atoms with Crippen molar-refractivity contribution in [3.05, 3.63) is 88.8 Å². The molecule has 0 radical (unpaired) electrons. The lowest BCUT2D eigenvalue weighted by molar-refractivity contribution is -0.136. The largest absolute Gasteiger partial charge is 0.490 e. The van der Waals surface area contributed by atoms with Crippen LogP contribution >= 0.6 is 0 Å². The van der Waals surface area contributed by atoms with Gasteiger partial charge in [0, 0.05) is 11.6 Å². The fraction of sp³-hybridized carbons (Fsp3) is 0.267. The average Bonchev–Trinajstić information content (AvgIpc) is 2.92. The Balaban J connectivity index is 1.56. The predicted molar refractivity (Wildman–Crippen MR) is 141 cm³/mol. The van der Waals surface area contributed by atoms with Crippen molar-refractivity contribution in [2.24, 2.45) is 5.73 Å². The number of hydrogen-bond donors (Lipinski definition) is 1. The third-order valence-electron chi connectivity index (χ3n) is 6.01. The zero-order valence-corrected chi connectivity index (χ0v) is 21.7.